The van der Waals surface area contributed by atoms with Crippen LogP contribution in [0.2, 0.25) is 0 Å². The SMILES string of the molecule is COC(=O)CCc1ccc(ON(OCCCCOC2C(C)[C@@H]2Oc2ccc(CCC(C)=O)cc2C(C)(C)C)Oc2ccc(CCC(C)=O)cc2C(C)(C)C)c(C(C)(C)C)c1. The summed E-state index contributed by atoms with van der Waals surface area (Å²) < 4.78 is 17.7. The molecule has 2 unspecified atom stereocenters. The largest absolute Gasteiger partial charge is 0.487 e. The number of hydrogen-bond donors (Lipinski definition) is 0. The van der Waals surface area contributed by atoms with Gasteiger partial charge in [0.05, 0.1) is 13.7 Å². The molecule has 0 heterocycles. The molecular weight excluding hydrogens is 759 g/mol. The number of Topliss-reactive ketones (excluding diaryl/α,β-unsaturated/α-hetero) is 2. The molecule has 0 spiro atoms. The van der Waals surface area contributed by atoms with E-state index in [0.717, 1.165) is 57.4 Å². The highest BCUT2D eigenvalue weighted by atomic mass is 17.2. The Bertz CT molecular complexity index is 1920. The molecule has 330 valence electrons. The van der Waals surface area contributed by atoms with Crippen LogP contribution in [0.3, 0.4) is 0 Å². The molecule has 0 saturated heterocycles. The van der Waals surface area contributed by atoms with Crippen LogP contribution in [-0.4, -0.2) is 55.5 Å². The van der Waals surface area contributed by atoms with Crippen LogP contribution in [-0.2, 0) is 64.2 Å². The Kier molecular flexibility index (Phi) is 17.0. The fourth-order valence-corrected chi connectivity index (χ4v) is 6.96. The van der Waals surface area contributed by atoms with Gasteiger partial charge in [0.15, 0.2) is 16.9 Å². The van der Waals surface area contributed by atoms with Crippen LogP contribution in [0.5, 0.6) is 17.2 Å². The number of aryl methyl sites for hydroxylation is 3. The lowest BCUT2D eigenvalue weighted by molar-refractivity contribution is -0.453. The lowest BCUT2D eigenvalue weighted by Crippen LogP contribution is -2.34. The van der Waals surface area contributed by atoms with Gasteiger partial charge in [-0.15, -0.1) is 0 Å². The van der Waals surface area contributed by atoms with Crippen molar-refractivity contribution in [1.82, 2.24) is 5.39 Å². The monoisotopic (exact) mass is 830 g/mol. The summed E-state index contributed by atoms with van der Waals surface area (Å²) in [5.41, 5.74) is 5.52. The highest BCUT2D eigenvalue weighted by Gasteiger charge is 2.51. The Balaban J connectivity index is 1.44. The van der Waals surface area contributed by atoms with Gasteiger partial charge in [-0.1, -0.05) is 106 Å². The average Bonchev–Trinajstić information content (AvgIpc) is 3.78. The van der Waals surface area contributed by atoms with Crippen molar-refractivity contribution in [3.8, 4) is 17.2 Å². The predicted molar refractivity (Wildman–Crippen MR) is 235 cm³/mol. The van der Waals surface area contributed by atoms with Gasteiger partial charge in [-0.25, -0.2) is 4.84 Å². The number of methoxy groups -OCH3 is 1. The molecule has 0 N–H and O–H groups in total. The number of carbonyl (C=O) groups excluding carboxylic acids is 3. The fourth-order valence-electron chi connectivity index (χ4n) is 6.96. The van der Waals surface area contributed by atoms with Gasteiger partial charge in [0.2, 0.25) is 0 Å². The van der Waals surface area contributed by atoms with Crippen molar-refractivity contribution < 1.29 is 43.1 Å². The van der Waals surface area contributed by atoms with E-state index in [1.54, 1.807) is 13.8 Å². The van der Waals surface area contributed by atoms with Crippen LogP contribution in [0.4, 0.5) is 0 Å². The quantitative estimate of drug-likeness (QED) is 0.0551. The highest BCUT2D eigenvalue weighted by molar-refractivity contribution is 5.76. The maximum atomic E-state index is 11.9. The van der Waals surface area contributed by atoms with Crippen LogP contribution in [0.15, 0.2) is 54.6 Å². The number of rotatable bonds is 22. The second kappa shape index (κ2) is 21.0. The summed E-state index contributed by atoms with van der Waals surface area (Å²) in [6.45, 7) is 25.5. The predicted octanol–water partition coefficient (Wildman–Crippen LogP) is 10.5. The van der Waals surface area contributed by atoms with Crippen molar-refractivity contribution in [2.45, 2.75) is 163 Å². The molecule has 1 aliphatic carbocycles. The van der Waals surface area contributed by atoms with Crippen LogP contribution >= 0.6 is 0 Å². The minimum atomic E-state index is -0.301. The Morgan fingerprint density at radius 1 is 0.583 bits per heavy atom. The Morgan fingerprint density at radius 2 is 1.00 bits per heavy atom. The molecule has 10 heteroatoms. The summed E-state index contributed by atoms with van der Waals surface area (Å²) in [7, 11) is 1.40. The molecule has 1 fully saturated rings. The van der Waals surface area contributed by atoms with Gasteiger partial charge in [0.1, 0.15) is 29.5 Å². The van der Waals surface area contributed by atoms with Crippen LogP contribution in [0.1, 0.15) is 149 Å². The number of ether oxygens (including phenoxy) is 3. The summed E-state index contributed by atoms with van der Waals surface area (Å²) in [5, 5.41) is 1.10. The number of nitrogens with zero attached hydrogens (tertiary/aromatic N) is 1. The van der Waals surface area contributed by atoms with E-state index in [1.165, 1.54) is 7.11 Å². The molecule has 60 heavy (non-hydrogen) atoms. The van der Waals surface area contributed by atoms with E-state index >= 15 is 0 Å². The summed E-state index contributed by atoms with van der Waals surface area (Å²) in [5.74, 6) is 2.36. The lowest BCUT2D eigenvalue weighted by atomic mass is 9.85. The number of esters is 1. The third-order valence-corrected chi connectivity index (χ3v) is 10.8. The van der Waals surface area contributed by atoms with Gasteiger partial charge in [-0.3, -0.25) is 4.79 Å². The number of ketones is 2. The number of hydrogen-bond acceptors (Lipinski definition) is 10. The van der Waals surface area contributed by atoms with Crippen molar-refractivity contribution in [3.05, 3.63) is 88.0 Å². The lowest BCUT2D eigenvalue weighted by Gasteiger charge is -2.29. The van der Waals surface area contributed by atoms with Crippen LogP contribution < -0.4 is 14.4 Å². The van der Waals surface area contributed by atoms with Gasteiger partial charge >= 0.3 is 5.97 Å². The fraction of sp³-hybridized carbons (Fsp3) is 0.580. The standard InChI is InChI=1S/C50H71NO9/c1-33(52)16-18-36-20-24-42(39(30-36)48(4,5)6)58-47-35(3)46(47)56-28-14-15-29-57-51(59-43-25-21-37(19-17-34(2)53)31-40(43)49(7,8)9)60-44-26-22-38(23-27-45(54)55-13)32-41(44)50(10,11)12/h20-22,24-26,30-32,35,46-47H,14-19,23,27-29H2,1-13H3/t35?,46?,47-/m0/s1. The molecule has 0 amide bonds. The zero-order valence-corrected chi connectivity index (χ0v) is 38.6. The first-order valence-electron chi connectivity index (χ1n) is 21.6. The van der Waals surface area contributed by atoms with Gasteiger partial charge in [0, 0.05) is 42.9 Å². The van der Waals surface area contributed by atoms with Crippen molar-refractivity contribution >= 4 is 17.5 Å². The van der Waals surface area contributed by atoms with E-state index in [-0.39, 0.29) is 58.3 Å². The molecule has 0 bridgehead atoms. The second-order valence-corrected chi connectivity index (χ2v) is 19.4. The van der Waals surface area contributed by atoms with E-state index in [0.29, 0.717) is 56.8 Å². The maximum absolute atomic E-state index is 11.9. The van der Waals surface area contributed by atoms with Crippen LogP contribution in [0.25, 0.3) is 0 Å². The molecule has 3 aromatic rings. The van der Waals surface area contributed by atoms with E-state index in [1.807, 2.05) is 30.3 Å². The molecule has 3 aromatic carbocycles. The Labute approximate surface area is 359 Å². The third-order valence-electron chi connectivity index (χ3n) is 10.8. The summed E-state index contributed by atoms with van der Waals surface area (Å²) in [4.78, 5) is 54.4. The van der Waals surface area contributed by atoms with Gasteiger partial charge in [-0.2, -0.15) is 0 Å². The highest BCUT2D eigenvalue weighted by Crippen LogP contribution is 2.42. The molecule has 1 aliphatic rings. The third kappa shape index (κ3) is 14.7. The van der Waals surface area contributed by atoms with E-state index in [4.69, 9.17) is 28.7 Å². The van der Waals surface area contributed by atoms with E-state index in [9.17, 15) is 14.4 Å². The van der Waals surface area contributed by atoms with Gasteiger partial charge in [0.25, 0.3) is 0 Å². The second-order valence-electron chi connectivity index (χ2n) is 19.4. The Morgan fingerprint density at radius 3 is 1.43 bits per heavy atom. The first-order valence-corrected chi connectivity index (χ1v) is 21.6. The molecule has 1 saturated carbocycles. The first kappa shape index (κ1) is 48.4. The topological polar surface area (TPSA) is 110 Å². The molecule has 0 aromatic heterocycles. The van der Waals surface area contributed by atoms with E-state index < -0.39 is 0 Å². The summed E-state index contributed by atoms with van der Waals surface area (Å²) in [6, 6.07) is 18.2. The molecular formula is C50H71NO9. The summed E-state index contributed by atoms with van der Waals surface area (Å²) >= 11 is 0. The molecule has 10 nitrogen and oxygen atoms in total. The summed E-state index contributed by atoms with van der Waals surface area (Å²) in [6.07, 6.45) is 4.61. The Hall–Kier alpha value is -4.25. The minimum Gasteiger partial charge on any atom is -0.487 e. The van der Waals surface area contributed by atoms with Crippen LogP contribution in [0, 0.1) is 5.92 Å². The molecule has 0 aliphatic heterocycles. The molecule has 4 rings (SSSR count). The maximum Gasteiger partial charge on any atom is 0.305 e. The molecule has 0 radical (unpaired) electrons. The smallest absolute Gasteiger partial charge is 0.305 e. The molecule has 3 atom stereocenters. The normalized spacial score (nSPS) is 16.7. The number of unbranched alkanes of at least 4 members (excludes halogenated alkanes) is 1. The van der Waals surface area contributed by atoms with Gasteiger partial charge < -0.3 is 33.5 Å². The van der Waals surface area contributed by atoms with E-state index in [2.05, 4.69) is 93.5 Å². The minimum absolute atomic E-state index is 0.0000569. The average molecular weight is 830 g/mol. The van der Waals surface area contributed by atoms with Crippen molar-refractivity contribution in [2.75, 3.05) is 20.3 Å². The first-order chi connectivity index (χ1) is 28.1. The zero-order valence-electron chi connectivity index (χ0n) is 38.6. The van der Waals surface area contributed by atoms with Crippen molar-refractivity contribution in [3.63, 3.8) is 0 Å². The number of benzene rings is 3. The zero-order chi connectivity index (χ0) is 44.4. The number of carbonyl (C=O) groups is 3. The van der Waals surface area contributed by atoms with Crippen molar-refractivity contribution in [1.29, 1.82) is 0 Å². The van der Waals surface area contributed by atoms with Crippen molar-refractivity contribution in [2.24, 2.45) is 5.92 Å². The van der Waals surface area contributed by atoms with Gasteiger partial charge in [-0.05, 0) is 103 Å².